The number of nitrogens with zero attached hydrogens (tertiary/aromatic N) is 3. The molecule has 0 unspecified atom stereocenters. The second kappa shape index (κ2) is 7.70. The predicted octanol–water partition coefficient (Wildman–Crippen LogP) is 1.48. The van der Waals surface area contributed by atoms with Gasteiger partial charge in [0.1, 0.15) is 11.0 Å². The van der Waals surface area contributed by atoms with E-state index in [1.54, 1.807) is 23.1 Å². The molecule has 0 fully saturated rings. The molecule has 0 aliphatic heterocycles. The van der Waals surface area contributed by atoms with Crippen LogP contribution in [0.4, 0.5) is 0 Å². The number of rotatable bonds is 7. The number of nitrogens with two attached hydrogens (primary N) is 1. The number of amides is 1. The van der Waals surface area contributed by atoms with Crippen LogP contribution in [0, 0.1) is 20.8 Å². The number of aromatic amines is 1. The summed E-state index contributed by atoms with van der Waals surface area (Å²) in [5.74, 6) is 0.706. The number of thioether (sulfide) groups is 1. The molecule has 2 aromatic heterocycles. The first-order valence-corrected chi connectivity index (χ1v) is 8.77. The SMILES string of the molecule is Cc1nnc(SCCCNC(=O)[C@@H](N)c2c(C)n[nH]c2C)s1. The van der Waals surface area contributed by atoms with Crippen LogP contribution >= 0.6 is 23.1 Å². The molecule has 1 atom stereocenters. The van der Waals surface area contributed by atoms with Gasteiger partial charge in [-0.05, 0) is 27.2 Å². The monoisotopic (exact) mass is 340 g/mol. The Labute approximate surface area is 137 Å². The minimum Gasteiger partial charge on any atom is -0.354 e. The van der Waals surface area contributed by atoms with E-state index in [-0.39, 0.29) is 5.91 Å². The molecule has 0 bridgehead atoms. The normalized spacial score (nSPS) is 12.4. The molecule has 22 heavy (non-hydrogen) atoms. The lowest BCUT2D eigenvalue weighted by molar-refractivity contribution is -0.122. The Hall–Kier alpha value is -1.45. The van der Waals surface area contributed by atoms with Crippen LogP contribution in [0.25, 0.3) is 0 Å². The third-order valence-electron chi connectivity index (χ3n) is 3.13. The van der Waals surface area contributed by atoms with Gasteiger partial charge in [0.05, 0.1) is 5.69 Å². The van der Waals surface area contributed by atoms with E-state index in [1.807, 2.05) is 20.8 Å². The fraction of sp³-hybridized carbons (Fsp3) is 0.538. The van der Waals surface area contributed by atoms with Crippen molar-refractivity contribution < 1.29 is 4.79 Å². The van der Waals surface area contributed by atoms with Crippen LogP contribution in [0.15, 0.2) is 4.34 Å². The first-order valence-electron chi connectivity index (χ1n) is 6.96. The maximum Gasteiger partial charge on any atom is 0.241 e. The van der Waals surface area contributed by atoms with Gasteiger partial charge in [-0.3, -0.25) is 9.89 Å². The lowest BCUT2D eigenvalue weighted by Crippen LogP contribution is -2.35. The average molecular weight is 340 g/mol. The van der Waals surface area contributed by atoms with Gasteiger partial charge in [-0.1, -0.05) is 23.1 Å². The molecule has 120 valence electrons. The number of carbonyl (C=O) groups excluding carboxylic acids is 1. The van der Waals surface area contributed by atoms with Crippen molar-refractivity contribution in [2.24, 2.45) is 5.73 Å². The summed E-state index contributed by atoms with van der Waals surface area (Å²) in [7, 11) is 0. The van der Waals surface area contributed by atoms with Crippen LogP contribution in [-0.4, -0.2) is 38.6 Å². The molecular weight excluding hydrogens is 320 g/mol. The zero-order valence-corrected chi connectivity index (χ0v) is 14.5. The van der Waals surface area contributed by atoms with E-state index in [0.717, 1.165) is 38.5 Å². The molecule has 0 aromatic carbocycles. The molecule has 0 aliphatic carbocycles. The minimum absolute atomic E-state index is 0.177. The summed E-state index contributed by atoms with van der Waals surface area (Å²) in [4.78, 5) is 12.1. The van der Waals surface area contributed by atoms with Gasteiger partial charge in [0, 0.05) is 23.6 Å². The van der Waals surface area contributed by atoms with Gasteiger partial charge >= 0.3 is 0 Å². The Morgan fingerprint density at radius 1 is 1.41 bits per heavy atom. The fourth-order valence-corrected chi connectivity index (χ4v) is 3.86. The van der Waals surface area contributed by atoms with Crippen molar-refractivity contribution in [3.63, 3.8) is 0 Å². The van der Waals surface area contributed by atoms with Gasteiger partial charge in [0.25, 0.3) is 0 Å². The zero-order valence-electron chi connectivity index (χ0n) is 12.8. The number of nitrogens with one attached hydrogen (secondary N) is 2. The van der Waals surface area contributed by atoms with E-state index < -0.39 is 6.04 Å². The molecular formula is C13H20N6OS2. The number of aryl methyl sites for hydroxylation is 3. The Morgan fingerprint density at radius 3 is 2.77 bits per heavy atom. The molecule has 0 saturated carbocycles. The number of aromatic nitrogens is 4. The Bertz CT molecular complexity index is 619. The lowest BCUT2D eigenvalue weighted by atomic mass is 10.1. The van der Waals surface area contributed by atoms with Crippen LogP contribution in [0.5, 0.6) is 0 Å². The van der Waals surface area contributed by atoms with E-state index >= 15 is 0 Å². The highest BCUT2D eigenvalue weighted by Crippen LogP contribution is 2.22. The molecule has 0 spiro atoms. The maximum atomic E-state index is 12.1. The van der Waals surface area contributed by atoms with Crippen molar-refractivity contribution in [1.29, 1.82) is 0 Å². The van der Waals surface area contributed by atoms with Crippen molar-refractivity contribution in [3.8, 4) is 0 Å². The smallest absolute Gasteiger partial charge is 0.241 e. The van der Waals surface area contributed by atoms with Gasteiger partial charge in [0.15, 0.2) is 4.34 Å². The molecule has 9 heteroatoms. The molecule has 7 nitrogen and oxygen atoms in total. The summed E-state index contributed by atoms with van der Waals surface area (Å²) in [5.41, 5.74) is 8.38. The summed E-state index contributed by atoms with van der Waals surface area (Å²) in [5, 5.41) is 18.7. The number of H-pyrrole nitrogens is 1. The molecule has 4 N–H and O–H groups in total. The van der Waals surface area contributed by atoms with E-state index in [4.69, 9.17) is 5.73 Å². The maximum absolute atomic E-state index is 12.1. The Balaban J connectivity index is 1.71. The van der Waals surface area contributed by atoms with Crippen LogP contribution in [-0.2, 0) is 4.79 Å². The standard InChI is InChI=1S/C13H20N6OS2/c1-7-10(8(2)17-16-7)11(14)12(20)15-5-4-6-21-13-19-18-9(3)22-13/h11H,4-6,14H2,1-3H3,(H,15,20)(H,16,17)/t11-/m0/s1. The zero-order chi connectivity index (χ0) is 16.1. The van der Waals surface area contributed by atoms with Crippen molar-refractivity contribution in [2.75, 3.05) is 12.3 Å². The minimum atomic E-state index is -0.683. The fourth-order valence-electron chi connectivity index (χ4n) is 2.04. The summed E-state index contributed by atoms with van der Waals surface area (Å²) >= 11 is 3.23. The highest BCUT2D eigenvalue weighted by atomic mass is 32.2. The quantitative estimate of drug-likeness (QED) is 0.520. The van der Waals surface area contributed by atoms with Crippen molar-refractivity contribution in [3.05, 3.63) is 22.0 Å². The van der Waals surface area contributed by atoms with Crippen molar-refractivity contribution in [1.82, 2.24) is 25.7 Å². The van der Waals surface area contributed by atoms with Gasteiger partial charge in [0.2, 0.25) is 5.91 Å². The number of carbonyl (C=O) groups is 1. The van der Waals surface area contributed by atoms with E-state index in [9.17, 15) is 4.79 Å². The molecule has 0 aliphatic rings. The molecule has 2 rings (SSSR count). The Morgan fingerprint density at radius 2 is 2.18 bits per heavy atom. The van der Waals surface area contributed by atoms with Gasteiger partial charge in [-0.25, -0.2) is 0 Å². The number of hydrogen-bond acceptors (Lipinski definition) is 7. The lowest BCUT2D eigenvalue weighted by Gasteiger charge is -2.12. The average Bonchev–Trinajstić information content (AvgIpc) is 3.04. The second-order valence-electron chi connectivity index (χ2n) is 4.91. The van der Waals surface area contributed by atoms with Gasteiger partial charge in [-0.2, -0.15) is 5.10 Å². The van der Waals surface area contributed by atoms with Crippen LogP contribution in [0.3, 0.4) is 0 Å². The van der Waals surface area contributed by atoms with Crippen molar-refractivity contribution in [2.45, 2.75) is 37.6 Å². The molecule has 2 aromatic rings. The number of hydrogen-bond donors (Lipinski definition) is 3. The third-order valence-corrected chi connectivity index (χ3v) is 5.19. The van der Waals surface area contributed by atoms with E-state index in [1.165, 1.54) is 0 Å². The molecule has 0 radical (unpaired) electrons. The van der Waals surface area contributed by atoms with Gasteiger partial charge < -0.3 is 11.1 Å². The summed E-state index contributed by atoms with van der Waals surface area (Å²) in [6.07, 6.45) is 0.852. The van der Waals surface area contributed by atoms with Crippen LogP contribution < -0.4 is 11.1 Å². The Kier molecular flexibility index (Phi) is 5.92. The second-order valence-corrected chi connectivity index (χ2v) is 7.43. The summed E-state index contributed by atoms with van der Waals surface area (Å²) < 4.78 is 0.963. The van der Waals surface area contributed by atoms with Crippen molar-refractivity contribution >= 4 is 29.0 Å². The summed E-state index contributed by atoms with van der Waals surface area (Å²) in [6, 6.07) is -0.683. The molecule has 0 saturated heterocycles. The highest BCUT2D eigenvalue weighted by molar-refractivity contribution is 8.01. The van der Waals surface area contributed by atoms with Gasteiger partial charge in [-0.15, -0.1) is 10.2 Å². The topological polar surface area (TPSA) is 110 Å². The first kappa shape index (κ1) is 16.9. The van der Waals surface area contributed by atoms with E-state index in [2.05, 4.69) is 25.7 Å². The van der Waals surface area contributed by atoms with E-state index in [0.29, 0.717) is 6.54 Å². The highest BCUT2D eigenvalue weighted by Gasteiger charge is 2.21. The third kappa shape index (κ3) is 4.28. The van der Waals surface area contributed by atoms with Crippen LogP contribution in [0.2, 0.25) is 0 Å². The summed E-state index contributed by atoms with van der Waals surface area (Å²) in [6.45, 7) is 6.23. The first-order chi connectivity index (χ1) is 10.5. The molecule has 1 amide bonds. The predicted molar refractivity (Wildman–Crippen MR) is 88.0 cm³/mol. The van der Waals surface area contributed by atoms with Crippen LogP contribution in [0.1, 0.15) is 34.4 Å². The largest absolute Gasteiger partial charge is 0.354 e. The molecule has 2 heterocycles.